The molecular formula is C19H29Br. The first-order valence-electron chi connectivity index (χ1n) is 8.18. The molecule has 1 heteroatoms. The molecule has 1 saturated carbocycles. The van der Waals surface area contributed by atoms with E-state index in [-0.39, 0.29) is 5.41 Å². The Bertz CT molecular complexity index is 418. The summed E-state index contributed by atoms with van der Waals surface area (Å²) in [5.74, 6) is 1.62. The minimum absolute atomic E-state index is 0.263. The summed E-state index contributed by atoms with van der Waals surface area (Å²) in [6.07, 6.45) is 6.47. The molecule has 0 aromatic heterocycles. The normalized spacial score (nSPS) is 27.6. The van der Waals surface area contributed by atoms with E-state index in [1.165, 1.54) is 43.2 Å². The van der Waals surface area contributed by atoms with Crippen molar-refractivity contribution in [3.05, 3.63) is 35.4 Å². The third-order valence-corrected chi connectivity index (χ3v) is 6.21. The van der Waals surface area contributed by atoms with Gasteiger partial charge < -0.3 is 0 Å². The Labute approximate surface area is 133 Å². The number of benzene rings is 1. The van der Waals surface area contributed by atoms with E-state index in [4.69, 9.17) is 0 Å². The number of hydrogen-bond acceptors (Lipinski definition) is 0. The highest BCUT2D eigenvalue weighted by molar-refractivity contribution is 9.09. The number of halogens is 1. The first-order valence-corrected chi connectivity index (χ1v) is 9.10. The maximum absolute atomic E-state index is 3.97. The van der Waals surface area contributed by atoms with Crippen LogP contribution in [0.3, 0.4) is 0 Å². The number of hydrogen-bond donors (Lipinski definition) is 0. The molecule has 20 heavy (non-hydrogen) atoms. The second-order valence-electron chi connectivity index (χ2n) is 7.21. The van der Waals surface area contributed by atoms with Crippen LogP contribution in [-0.4, -0.2) is 4.83 Å². The molecule has 3 atom stereocenters. The fourth-order valence-corrected chi connectivity index (χ4v) is 5.29. The van der Waals surface area contributed by atoms with Crippen LogP contribution in [0.15, 0.2) is 24.3 Å². The fourth-order valence-electron chi connectivity index (χ4n) is 3.73. The molecule has 0 saturated heterocycles. The quantitative estimate of drug-likeness (QED) is 0.581. The second-order valence-corrected chi connectivity index (χ2v) is 8.39. The summed E-state index contributed by atoms with van der Waals surface area (Å²) in [7, 11) is 0. The molecule has 0 N–H and O–H groups in total. The van der Waals surface area contributed by atoms with E-state index in [1.807, 2.05) is 0 Å². The van der Waals surface area contributed by atoms with Crippen LogP contribution in [0, 0.1) is 11.8 Å². The Hall–Kier alpha value is -0.300. The van der Waals surface area contributed by atoms with E-state index in [0.29, 0.717) is 4.83 Å². The van der Waals surface area contributed by atoms with E-state index >= 15 is 0 Å². The lowest BCUT2D eigenvalue weighted by atomic mass is 9.66. The molecule has 3 unspecified atom stereocenters. The largest absolute Gasteiger partial charge is 0.0887 e. The van der Waals surface area contributed by atoms with Gasteiger partial charge in [-0.3, -0.25) is 0 Å². The van der Waals surface area contributed by atoms with Crippen molar-refractivity contribution in [2.45, 2.75) is 70.0 Å². The van der Waals surface area contributed by atoms with Gasteiger partial charge in [0.05, 0.1) is 0 Å². The molecule has 1 aromatic rings. The molecule has 0 bridgehead atoms. The summed E-state index contributed by atoms with van der Waals surface area (Å²) in [6.45, 7) is 9.49. The summed E-state index contributed by atoms with van der Waals surface area (Å²) in [4.78, 5) is 0.663. The molecule has 0 heterocycles. The van der Waals surface area contributed by atoms with E-state index in [2.05, 4.69) is 67.9 Å². The summed E-state index contributed by atoms with van der Waals surface area (Å²) in [5, 5.41) is 0. The zero-order valence-electron chi connectivity index (χ0n) is 13.5. The first-order chi connectivity index (χ1) is 9.45. The zero-order chi connectivity index (χ0) is 14.8. The van der Waals surface area contributed by atoms with Gasteiger partial charge in [-0.25, -0.2) is 0 Å². The smallest absolute Gasteiger partial charge is 0.0184 e. The predicted molar refractivity (Wildman–Crippen MR) is 92.7 cm³/mol. The lowest BCUT2D eigenvalue weighted by Gasteiger charge is -2.42. The molecule has 0 aliphatic heterocycles. The highest BCUT2D eigenvalue weighted by Gasteiger charge is 2.38. The van der Waals surface area contributed by atoms with Crippen LogP contribution in [0.5, 0.6) is 0 Å². The van der Waals surface area contributed by atoms with Crippen molar-refractivity contribution >= 4 is 15.9 Å². The molecule has 1 aliphatic rings. The number of aryl methyl sites for hydroxylation is 1. The molecule has 0 radical (unpaired) electrons. The Morgan fingerprint density at radius 3 is 2.35 bits per heavy atom. The highest BCUT2D eigenvalue weighted by Crippen LogP contribution is 2.45. The third kappa shape index (κ3) is 3.47. The average molecular weight is 337 g/mol. The Morgan fingerprint density at radius 2 is 1.80 bits per heavy atom. The first kappa shape index (κ1) is 16.1. The lowest BCUT2D eigenvalue weighted by molar-refractivity contribution is 0.214. The monoisotopic (exact) mass is 336 g/mol. The van der Waals surface area contributed by atoms with E-state index in [1.54, 1.807) is 0 Å². The number of rotatable bonds is 4. The maximum Gasteiger partial charge on any atom is 0.0184 e. The Balaban J connectivity index is 2.16. The number of alkyl halides is 1. The lowest BCUT2D eigenvalue weighted by Crippen LogP contribution is -2.38. The van der Waals surface area contributed by atoms with Crippen LogP contribution < -0.4 is 0 Å². The van der Waals surface area contributed by atoms with E-state index in [0.717, 1.165) is 11.8 Å². The van der Waals surface area contributed by atoms with Gasteiger partial charge in [-0.2, -0.15) is 0 Å². The summed E-state index contributed by atoms with van der Waals surface area (Å²) in [6, 6.07) is 9.38. The zero-order valence-corrected chi connectivity index (χ0v) is 15.0. The standard InChI is InChI=1S/C19H29Br/c1-5-6-15-8-10-16(11-9-15)19(3,4)17-12-7-14(2)13-18(17)20/h8-11,14,17-18H,5-7,12-13H2,1-4H3. The topological polar surface area (TPSA) is 0 Å². The van der Waals surface area contributed by atoms with Crippen LogP contribution in [-0.2, 0) is 11.8 Å². The van der Waals surface area contributed by atoms with Crippen LogP contribution in [0.2, 0.25) is 0 Å². The molecule has 112 valence electrons. The van der Waals surface area contributed by atoms with Crippen molar-refractivity contribution in [2.75, 3.05) is 0 Å². The van der Waals surface area contributed by atoms with Crippen molar-refractivity contribution in [3.63, 3.8) is 0 Å². The minimum atomic E-state index is 0.263. The van der Waals surface area contributed by atoms with Crippen molar-refractivity contribution in [3.8, 4) is 0 Å². The van der Waals surface area contributed by atoms with E-state index in [9.17, 15) is 0 Å². The minimum Gasteiger partial charge on any atom is -0.0887 e. The molecular weight excluding hydrogens is 308 g/mol. The van der Waals surface area contributed by atoms with Gasteiger partial charge in [-0.15, -0.1) is 0 Å². The predicted octanol–water partition coefficient (Wildman–Crippen LogP) is 6.12. The van der Waals surface area contributed by atoms with Gasteiger partial charge in [-0.1, -0.05) is 80.7 Å². The SMILES string of the molecule is CCCc1ccc(C(C)(C)C2CCC(C)CC2Br)cc1. The molecule has 1 fully saturated rings. The molecule has 0 nitrogen and oxygen atoms in total. The molecule has 2 rings (SSSR count). The third-order valence-electron chi connectivity index (χ3n) is 5.20. The van der Waals surface area contributed by atoms with Crippen LogP contribution in [0.25, 0.3) is 0 Å². The van der Waals surface area contributed by atoms with E-state index < -0.39 is 0 Å². The Kier molecular flexibility index (Phi) is 5.34. The van der Waals surface area contributed by atoms with Gasteiger partial charge in [0.2, 0.25) is 0 Å². The van der Waals surface area contributed by atoms with Crippen LogP contribution >= 0.6 is 15.9 Å². The van der Waals surface area contributed by atoms with Gasteiger partial charge in [0.1, 0.15) is 0 Å². The molecule has 1 aliphatic carbocycles. The average Bonchev–Trinajstić information content (AvgIpc) is 2.39. The van der Waals surface area contributed by atoms with Crippen molar-refractivity contribution in [1.82, 2.24) is 0 Å². The van der Waals surface area contributed by atoms with Gasteiger partial charge in [0, 0.05) is 4.83 Å². The van der Waals surface area contributed by atoms with Crippen molar-refractivity contribution < 1.29 is 0 Å². The molecule has 1 aromatic carbocycles. The van der Waals surface area contributed by atoms with Gasteiger partial charge in [-0.05, 0) is 47.6 Å². The molecule has 0 amide bonds. The fraction of sp³-hybridized carbons (Fsp3) is 0.684. The van der Waals surface area contributed by atoms with Crippen LogP contribution in [0.1, 0.15) is 64.5 Å². The van der Waals surface area contributed by atoms with Gasteiger partial charge in [0.15, 0.2) is 0 Å². The summed E-state index contributed by atoms with van der Waals surface area (Å²) >= 11 is 3.97. The Morgan fingerprint density at radius 1 is 1.15 bits per heavy atom. The van der Waals surface area contributed by atoms with Crippen molar-refractivity contribution in [1.29, 1.82) is 0 Å². The highest BCUT2D eigenvalue weighted by atomic mass is 79.9. The van der Waals surface area contributed by atoms with Gasteiger partial charge in [0.25, 0.3) is 0 Å². The summed E-state index contributed by atoms with van der Waals surface area (Å²) < 4.78 is 0. The maximum atomic E-state index is 3.97. The van der Waals surface area contributed by atoms with Crippen molar-refractivity contribution in [2.24, 2.45) is 11.8 Å². The molecule has 0 spiro atoms. The van der Waals surface area contributed by atoms with Crippen LogP contribution in [0.4, 0.5) is 0 Å². The summed E-state index contributed by atoms with van der Waals surface area (Å²) in [5.41, 5.74) is 3.24. The second kappa shape index (κ2) is 6.64. The van der Waals surface area contributed by atoms with Gasteiger partial charge >= 0.3 is 0 Å².